The Labute approximate surface area is 180 Å². The number of para-hydroxylation sites is 2. The summed E-state index contributed by atoms with van der Waals surface area (Å²) in [6.07, 6.45) is 1.22. The molecule has 0 atom stereocenters. The van der Waals surface area contributed by atoms with Crippen LogP contribution < -0.4 is 14.4 Å². The van der Waals surface area contributed by atoms with Crippen LogP contribution in [-0.2, 0) is 4.79 Å². The third kappa shape index (κ3) is 3.81. The van der Waals surface area contributed by atoms with Crippen LogP contribution in [0.3, 0.4) is 0 Å². The Morgan fingerprint density at radius 1 is 0.935 bits per heavy atom. The highest BCUT2D eigenvalue weighted by Crippen LogP contribution is 2.33. The molecule has 2 fully saturated rings. The van der Waals surface area contributed by atoms with Crippen molar-refractivity contribution in [1.29, 1.82) is 0 Å². The number of piperidine rings is 1. The molecule has 31 heavy (non-hydrogen) atoms. The third-order valence-electron chi connectivity index (χ3n) is 5.83. The van der Waals surface area contributed by atoms with Crippen LogP contribution in [0, 0.1) is 0 Å². The Hall–Kier alpha value is -3.55. The molecule has 0 aliphatic carbocycles. The van der Waals surface area contributed by atoms with Gasteiger partial charge in [0, 0.05) is 19.1 Å². The summed E-state index contributed by atoms with van der Waals surface area (Å²) in [7, 11) is 3.04. The number of methoxy groups -OCH3 is 2. The van der Waals surface area contributed by atoms with E-state index in [1.54, 1.807) is 52.3 Å². The van der Waals surface area contributed by atoms with Gasteiger partial charge in [-0.15, -0.1) is 0 Å². The SMILES string of the molecule is COc1cccc(C(=O)N2CCC(N3CC(=O)N(c4ccccc4)C3=O)CC2)c1OC. The highest BCUT2D eigenvalue weighted by Gasteiger charge is 2.42. The van der Waals surface area contributed by atoms with Gasteiger partial charge in [-0.1, -0.05) is 24.3 Å². The lowest BCUT2D eigenvalue weighted by Gasteiger charge is -2.36. The second-order valence-corrected chi connectivity index (χ2v) is 7.54. The molecule has 8 heteroatoms. The van der Waals surface area contributed by atoms with Gasteiger partial charge in [-0.3, -0.25) is 9.59 Å². The molecule has 2 heterocycles. The topological polar surface area (TPSA) is 79.4 Å². The van der Waals surface area contributed by atoms with Gasteiger partial charge in [0.15, 0.2) is 11.5 Å². The molecule has 0 saturated carbocycles. The Bertz CT molecular complexity index is 986. The molecule has 162 valence electrons. The summed E-state index contributed by atoms with van der Waals surface area (Å²) < 4.78 is 10.7. The third-order valence-corrected chi connectivity index (χ3v) is 5.83. The average Bonchev–Trinajstić information content (AvgIpc) is 3.12. The zero-order valence-electron chi connectivity index (χ0n) is 17.6. The van der Waals surface area contributed by atoms with Crippen molar-refractivity contribution >= 4 is 23.5 Å². The van der Waals surface area contributed by atoms with Gasteiger partial charge in [-0.05, 0) is 37.1 Å². The van der Waals surface area contributed by atoms with E-state index in [2.05, 4.69) is 0 Å². The minimum atomic E-state index is -0.296. The number of carbonyl (C=O) groups excluding carboxylic acids is 3. The molecule has 0 aromatic heterocycles. The lowest BCUT2D eigenvalue weighted by atomic mass is 10.0. The molecule has 0 radical (unpaired) electrons. The van der Waals surface area contributed by atoms with E-state index in [-0.39, 0.29) is 30.4 Å². The van der Waals surface area contributed by atoms with Crippen LogP contribution >= 0.6 is 0 Å². The number of ether oxygens (including phenoxy) is 2. The van der Waals surface area contributed by atoms with Gasteiger partial charge in [-0.2, -0.15) is 0 Å². The molecule has 2 saturated heterocycles. The highest BCUT2D eigenvalue weighted by molar-refractivity contribution is 6.19. The first-order chi connectivity index (χ1) is 15.0. The molecule has 4 amide bonds. The van der Waals surface area contributed by atoms with Gasteiger partial charge in [0.1, 0.15) is 6.54 Å². The number of benzene rings is 2. The molecule has 2 aromatic carbocycles. The maximum absolute atomic E-state index is 13.1. The van der Waals surface area contributed by atoms with Crippen molar-refractivity contribution in [2.45, 2.75) is 18.9 Å². The smallest absolute Gasteiger partial charge is 0.332 e. The van der Waals surface area contributed by atoms with Crippen molar-refractivity contribution in [1.82, 2.24) is 9.80 Å². The molecule has 0 N–H and O–H groups in total. The number of amides is 4. The maximum Gasteiger partial charge on any atom is 0.332 e. The summed E-state index contributed by atoms with van der Waals surface area (Å²) in [5.41, 5.74) is 1.03. The van der Waals surface area contributed by atoms with Crippen LogP contribution in [0.5, 0.6) is 11.5 Å². The molecule has 8 nitrogen and oxygen atoms in total. The monoisotopic (exact) mass is 423 g/mol. The molecule has 0 unspecified atom stereocenters. The molecule has 2 aromatic rings. The molecule has 0 bridgehead atoms. The lowest BCUT2D eigenvalue weighted by Crippen LogP contribution is -2.48. The van der Waals surface area contributed by atoms with Crippen LogP contribution in [0.25, 0.3) is 0 Å². The number of carbonyl (C=O) groups is 3. The van der Waals surface area contributed by atoms with E-state index in [9.17, 15) is 14.4 Å². The Morgan fingerprint density at radius 3 is 2.29 bits per heavy atom. The van der Waals surface area contributed by atoms with Crippen molar-refractivity contribution in [3.8, 4) is 11.5 Å². The lowest BCUT2D eigenvalue weighted by molar-refractivity contribution is -0.116. The van der Waals surface area contributed by atoms with E-state index in [1.165, 1.54) is 19.1 Å². The second kappa shape index (κ2) is 8.67. The molecule has 2 aliphatic rings. The first kappa shape index (κ1) is 20.7. The minimum Gasteiger partial charge on any atom is -0.493 e. The van der Waals surface area contributed by atoms with E-state index in [0.29, 0.717) is 48.7 Å². The van der Waals surface area contributed by atoms with Crippen LogP contribution in [0.1, 0.15) is 23.2 Å². The van der Waals surface area contributed by atoms with E-state index in [1.807, 2.05) is 6.07 Å². The summed E-state index contributed by atoms with van der Waals surface area (Å²) in [6.45, 7) is 1.05. The van der Waals surface area contributed by atoms with Crippen LogP contribution in [0.15, 0.2) is 48.5 Å². The number of hydrogen-bond donors (Lipinski definition) is 0. The van der Waals surface area contributed by atoms with E-state index >= 15 is 0 Å². The fraction of sp³-hybridized carbons (Fsp3) is 0.348. The van der Waals surface area contributed by atoms with Gasteiger partial charge in [0.2, 0.25) is 0 Å². The van der Waals surface area contributed by atoms with Gasteiger partial charge in [0.25, 0.3) is 11.8 Å². The van der Waals surface area contributed by atoms with Crippen molar-refractivity contribution in [3.05, 3.63) is 54.1 Å². The Kier molecular flexibility index (Phi) is 5.79. The van der Waals surface area contributed by atoms with E-state index in [4.69, 9.17) is 9.47 Å². The second-order valence-electron chi connectivity index (χ2n) is 7.54. The summed E-state index contributed by atoms with van der Waals surface area (Å²) in [5.74, 6) is 0.557. The largest absolute Gasteiger partial charge is 0.493 e. The molecule has 4 rings (SSSR count). The number of likely N-dealkylation sites (tertiary alicyclic amines) is 1. The predicted molar refractivity (Wildman–Crippen MR) is 115 cm³/mol. The molecular formula is C23H25N3O5. The number of urea groups is 1. The summed E-state index contributed by atoms with van der Waals surface area (Å²) >= 11 is 0. The van der Waals surface area contributed by atoms with Crippen molar-refractivity contribution in [2.24, 2.45) is 0 Å². The van der Waals surface area contributed by atoms with Crippen LogP contribution in [-0.4, -0.2) is 67.5 Å². The fourth-order valence-electron chi connectivity index (χ4n) is 4.24. The number of hydrogen-bond acceptors (Lipinski definition) is 5. The number of nitrogens with zero attached hydrogens (tertiary/aromatic N) is 3. The van der Waals surface area contributed by atoms with Gasteiger partial charge in [-0.25, -0.2) is 9.69 Å². The minimum absolute atomic E-state index is 0.0655. The molecule has 0 spiro atoms. The zero-order chi connectivity index (χ0) is 22.0. The fourth-order valence-corrected chi connectivity index (χ4v) is 4.24. The van der Waals surface area contributed by atoms with E-state index < -0.39 is 0 Å². The quantitative estimate of drug-likeness (QED) is 0.691. The van der Waals surface area contributed by atoms with Crippen molar-refractivity contribution < 1.29 is 23.9 Å². The van der Waals surface area contributed by atoms with Gasteiger partial charge < -0.3 is 19.3 Å². The van der Waals surface area contributed by atoms with Crippen molar-refractivity contribution in [2.75, 3.05) is 38.8 Å². The van der Waals surface area contributed by atoms with Crippen LogP contribution in [0.4, 0.5) is 10.5 Å². The Morgan fingerprint density at radius 2 is 1.65 bits per heavy atom. The maximum atomic E-state index is 13.1. The molecular weight excluding hydrogens is 398 g/mol. The number of rotatable bonds is 5. The number of imide groups is 1. The highest BCUT2D eigenvalue weighted by atomic mass is 16.5. The predicted octanol–water partition coefficient (Wildman–Crippen LogP) is 2.78. The van der Waals surface area contributed by atoms with Crippen LogP contribution in [0.2, 0.25) is 0 Å². The van der Waals surface area contributed by atoms with Gasteiger partial charge >= 0.3 is 6.03 Å². The standard InChI is InChI=1S/C23H25N3O5/c1-30-19-10-6-9-18(21(19)31-2)22(28)24-13-11-16(12-14-24)25-15-20(27)26(23(25)29)17-7-4-3-5-8-17/h3-10,16H,11-15H2,1-2H3. The van der Waals surface area contributed by atoms with Gasteiger partial charge in [0.05, 0.1) is 25.5 Å². The first-order valence-corrected chi connectivity index (χ1v) is 10.2. The van der Waals surface area contributed by atoms with E-state index in [0.717, 1.165) is 0 Å². The van der Waals surface area contributed by atoms with Crippen molar-refractivity contribution in [3.63, 3.8) is 0 Å². The molecule has 2 aliphatic heterocycles. The summed E-state index contributed by atoms with van der Waals surface area (Å²) in [5, 5.41) is 0. The summed E-state index contributed by atoms with van der Waals surface area (Å²) in [4.78, 5) is 43.1. The zero-order valence-corrected chi connectivity index (χ0v) is 17.6. The first-order valence-electron chi connectivity index (χ1n) is 10.2. The Balaban J connectivity index is 1.43. The number of anilines is 1. The normalized spacial score (nSPS) is 17.3. The average molecular weight is 423 g/mol. The summed E-state index contributed by atoms with van der Waals surface area (Å²) in [6, 6.07) is 13.8.